The minimum atomic E-state index is 1.05. The van der Waals surface area contributed by atoms with Crippen LogP contribution in [0.1, 0.15) is 6.92 Å². The third kappa shape index (κ3) is 4.30. The summed E-state index contributed by atoms with van der Waals surface area (Å²) in [5.74, 6) is 0. The molecule has 0 aromatic carbocycles. The molecule has 0 fully saturated rings. The van der Waals surface area contributed by atoms with E-state index in [4.69, 9.17) is 0 Å². The molecule has 2 radical (unpaired) electrons. The van der Waals surface area contributed by atoms with Crippen molar-refractivity contribution in [1.82, 2.24) is 0 Å². The van der Waals surface area contributed by atoms with Crippen LogP contribution in [0.3, 0.4) is 0 Å². The fraction of sp³-hybridized carbons (Fsp3) is 0.500. The van der Waals surface area contributed by atoms with Crippen molar-refractivity contribution in [1.29, 1.82) is 0 Å². The Balaban J connectivity index is 2.85. The summed E-state index contributed by atoms with van der Waals surface area (Å²) in [5, 5.41) is 1.05. The molecule has 0 N–H and O–H groups in total. The van der Waals surface area contributed by atoms with Crippen LogP contribution in [-0.4, -0.2) is 16.9 Å². The van der Waals surface area contributed by atoms with Crippen LogP contribution in [0.2, 0.25) is 5.21 Å². The van der Waals surface area contributed by atoms with Gasteiger partial charge in [0.2, 0.25) is 0 Å². The van der Waals surface area contributed by atoms with Gasteiger partial charge in [-0.05, 0) is 0 Å². The molecule has 0 aliphatic heterocycles. The fourth-order valence-corrected chi connectivity index (χ4v) is 0. The maximum atomic E-state index is 3.66. The maximum absolute atomic E-state index is 3.66. The molecular formula is C4H7As. The molecule has 0 aromatic heterocycles. The molecule has 0 unspecified atom stereocenters. The Morgan fingerprint density at radius 2 is 2.20 bits per heavy atom. The normalized spacial score (nSPS) is 7.60. The van der Waals surface area contributed by atoms with Crippen molar-refractivity contribution >= 4 is 16.9 Å². The molecular weight excluding hydrogens is 123 g/mol. The van der Waals surface area contributed by atoms with Crippen LogP contribution in [0.4, 0.5) is 0 Å². The average molecular weight is 130 g/mol. The van der Waals surface area contributed by atoms with Gasteiger partial charge in [0.15, 0.2) is 0 Å². The van der Waals surface area contributed by atoms with E-state index in [1.54, 1.807) is 0 Å². The Morgan fingerprint density at radius 3 is 2.20 bits per heavy atom. The topological polar surface area (TPSA) is 0 Å². The molecule has 0 aliphatic rings. The van der Waals surface area contributed by atoms with Crippen LogP contribution in [0, 0.1) is 0 Å². The van der Waals surface area contributed by atoms with Crippen molar-refractivity contribution in [2.75, 3.05) is 0 Å². The van der Waals surface area contributed by atoms with Gasteiger partial charge in [-0.3, -0.25) is 0 Å². The fourth-order valence-electron chi connectivity index (χ4n) is 0. The Bertz CT molecular complexity index is 38.9. The molecule has 0 saturated heterocycles. The quantitative estimate of drug-likeness (QED) is 0.369. The third-order valence-corrected chi connectivity index (χ3v) is 1.40. The molecule has 0 nitrogen and oxygen atoms in total. The Hall–Kier alpha value is 0.298. The Kier molecular flexibility index (Phi) is 2.68. The molecule has 1 heteroatoms. The second kappa shape index (κ2) is 2.53. The van der Waals surface area contributed by atoms with E-state index in [0.717, 1.165) is 5.21 Å². The summed E-state index contributed by atoms with van der Waals surface area (Å²) in [5.41, 5.74) is 1.23. The van der Waals surface area contributed by atoms with E-state index >= 15 is 0 Å². The van der Waals surface area contributed by atoms with Crippen molar-refractivity contribution in [3.05, 3.63) is 12.2 Å². The molecule has 0 atom stereocenters. The summed E-state index contributed by atoms with van der Waals surface area (Å²) in [4.78, 5) is 0. The van der Waals surface area contributed by atoms with Gasteiger partial charge in [-0.25, -0.2) is 0 Å². The van der Waals surface area contributed by atoms with Crippen LogP contribution < -0.4 is 0 Å². The van der Waals surface area contributed by atoms with Crippen LogP contribution in [-0.2, 0) is 0 Å². The van der Waals surface area contributed by atoms with Crippen molar-refractivity contribution in [3.8, 4) is 0 Å². The van der Waals surface area contributed by atoms with Crippen LogP contribution in [0.5, 0.6) is 0 Å². The summed E-state index contributed by atoms with van der Waals surface area (Å²) in [6, 6.07) is 0. The van der Waals surface area contributed by atoms with Crippen molar-refractivity contribution in [2.45, 2.75) is 12.1 Å². The van der Waals surface area contributed by atoms with E-state index in [0.29, 0.717) is 0 Å². The summed E-state index contributed by atoms with van der Waals surface area (Å²) in [6.07, 6.45) is 0. The van der Waals surface area contributed by atoms with E-state index in [-0.39, 0.29) is 0 Å². The zero-order chi connectivity index (χ0) is 4.28. The van der Waals surface area contributed by atoms with E-state index < -0.39 is 0 Å². The van der Waals surface area contributed by atoms with Crippen LogP contribution >= 0.6 is 0 Å². The van der Waals surface area contributed by atoms with Crippen molar-refractivity contribution in [3.63, 3.8) is 0 Å². The second-order valence-electron chi connectivity index (χ2n) is 1.12. The molecule has 0 saturated carbocycles. The van der Waals surface area contributed by atoms with Gasteiger partial charge in [0.1, 0.15) is 0 Å². The van der Waals surface area contributed by atoms with Gasteiger partial charge in [-0.2, -0.15) is 0 Å². The number of allylic oxidation sites excluding steroid dienone is 1. The standard InChI is InChI=1S/C4H7As/c1-4(2)3-5/h1,3H2,2H3. The van der Waals surface area contributed by atoms with Gasteiger partial charge < -0.3 is 0 Å². The Morgan fingerprint density at radius 1 is 2.00 bits per heavy atom. The molecule has 0 heterocycles. The van der Waals surface area contributed by atoms with Crippen molar-refractivity contribution < 1.29 is 0 Å². The predicted octanol–water partition coefficient (Wildman–Crippen LogP) is 1.15. The minimum absolute atomic E-state index is 1.05. The van der Waals surface area contributed by atoms with Crippen LogP contribution in [0.25, 0.3) is 0 Å². The van der Waals surface area contributed by atoms with E-state index in [9.17, 15) is 0 Å². The van der Waals surface area contributed by atoms with Gasteiger partial charge in [0.05, 0.1) is 0 Å². The van der Waals surface area contributed by atoms with Gasteiger partial charge in [-0.1, -0.05) is 0 Å². The van der Waals surface area contributed by atoms with E-state index in [1.807, 2.05) is 6.92 Å². The summed E-state index contributed by atoms with van der Waals surface area (Å²) in [7, 11) is 0. The first-order valence-corrected chi connectivity index (χ1v) is 2.85. The zero-order valence-corrected chi connectivity index (χ0v) is 5.24. The SMILES string of the molecule is C=C(C)C[As]. The molecule has 0 rings (SSSR count). The molecule has 5 heavy (non-hydrogen) atoms. The predicted molar refractivity (Wildman–Crippen MR) is 25.4 cm³/mol. The Labute approximate surface area is 41.8 Å². The molecule has 28 valence electrons. The van der Waals surface area contributed by atoms with E-state index in [1.165, 1.54) is 5.57 Å². The molecule has 0 bridgehead atoms. The van der Waals surface area contributed by atoms with Gasteiger partial charge >= 0.3 is 41.1 Å². The van der Waals surface area contributed by atoms with Gasteiger partial charge in [0, 0.05) is 0 Å². The number of hydrogen-bond donors (Lipinski definition) is 0. The van der Waals surface area contributed by atoms with E-state index in [2.05, 4.69) is 23.4 Å². The molecule has 0 aromatic rings. The first-order valence-electron chi connectivity index (χ1n) is 1.52. The number of rotatable bonds is 1. The average Bonchev–Trinajstić information content (AvgIpc) is 1.38. The molecule has 0 spiro atoms. The van der Waals surface area contributed by atoms with Crippen molar-refractivity contribution in [2.24, 2.45) is 0 Å². The zero-order valence-electron chi connectivity index (χ0n) is 3.36. The van der Waals surface area contributed by atoms with Gasteiger partial charge in [0.25, 0.3) is 0 Å². The molecule has 0 aliphatic carbocycles. The molecule has 0 amide bonds. The summed E-state index contributed by atoms with van der Waals surface area (Å²) in [6.45, 7) is 5.67. The van der Waals surface area contributed by atoms with Gasteiger partial charge in [-0.15, -0.1) is 0 Å². The third-order valence-electron chi connectivity index (χ3n) is 0.270. The summed E-state index contributed by atoms with van der Waals surface area (Å²) >= 11 is 2.47. The first kappa shape index (κ1) is 5.30. The number of hydrogen-bond acceptors (Lipinski definition) is 0. The second-order valence-corrected chi connectivity index (χ2v) is 1.78. The monoisotopic (exact) mass is 130 g/mol. The summed E-state index contributed by atoms with van der Waals surface area (Å²) < 4.78 is 0. The first-order chi connectivity index (χ1) is 2.27. The van der Waals surface area contributed by atoms with Crippen LogP contribution in [0.15, 0.2) is 12.2 Å².